The highest BCUT2D eigenvalue weighted by Gasteiger charge is 2.27. The molecule has 0 unspecified atom stereocenters. The largest absolute Gasteiger partial charge is 0.478 e. The van der Waals surface area contributed by atoms with Gasteiger partial charge >= 0.3 is 12.1 Å². The van der Waals surface area contributed by atoms with Crippen LogP contribution in [0.25, 0.3) is 0 Å². The minimum atomic E-state index is -4.31. The van der Waals surface area contributed by atoms with E-state index < -0.39 is 18.8 Å². The Morgan fingerprint density at radius 2 is 1.82 bits per heavy atom. The minimum absolute atomic E-state index is 0.0497. The second-order valence-corrected chi connectivity index (χ2v) is 3.42. The topological polar surface area (TPSA) is 46.5 Å². The van der Waals surface area contributed by atoms with Gasteiger partial charge in [-0.05, 0) is 24.1 Å². The Balaban J connectivity index is 2.35. The van der Waals surface area contributed by atoms with Crippen LogP contribution in [-0.4, -0.2) is 30.5 Å². The van der Waals surface area contributed by atoms with Crippen molar-refractivity contribution in [3.05, 3.63) is 35.4 Å². The molecule has 0 aromatic heterocycles. The lowest BCUT2D eigenvalue weighted by Crippen LogP contribution is -2.17. The van der Waals surface area contributed by atoms with Crippen LogP contribution in [0.1, 0.15) is 15.9 Å². The van der Waals surface area contributed by atoms with Crippen molar-refractivity contribution in [1.82, 2.24) is 0 Å². The predicted molar refractivity (Wildman–Crippen MR) is 54.0 cm³/mol. The van der Waals surface area contributed by atoms with Crippen LogP contribution >= 0.6 is 0 Å². The van der Waals surface area contributed by atoms with Crippen molar-refractivity contribution in [3.63, 3.8) is 0 Å². The molecule has 6 heteroatoms. The Kier molecular flexibility index (Phi) is 4.51. The molecule has 3 nitrogen and oxygen atoms in total. The minimum Gasteiger partial charge on any atom is -0.478 e. The Labute approximate surface area is 95.8 Å². The first kappa shape index (κ1) is 13.5. The van der Waals surface area contributed by atoms with Crippen molar-refractivity contribution in [1.29, 1.82) is 0 Å². The Morgan fingerprint density at radius 1 is 1.24 bits per heavy atom. The molecule has 1 aromatic rings. The van der Waals surface area contributed by atoms with E-state index in [2.05, 4.69) is 4.74 Å². The molecule has 17 heavy (non-hydrogen) atoms. The monoisotopic (exact) mass is 248 g/mol. The zero-order chi connectivity index (χ0) is 12.9. The first-order valence-electron chi connectivity index (χ1n) is 4.85. The van der Waals surface area contributed by atoms with Crippen LogP contribution in [-0.2, 0) is 11.2 Å². The lowest BCUT2D eigenvalue weighted by Gasteiger charge is -2.07. The van der Waals surface area contributed by atoms with Gasteiger partial charge in [0.05, 0.1) is 12.2 Å². The second-order valence-electron chi connectivity index (χ2n) is 3.42. The van der Waals surface area contributed by atoms with Crippen molar-refractivity contribution >= 4 is 5.97 Å². The lowest BCUT2D eigenvalue weighted by molar-refractivity contribution is -0.173. The Bertz CT molecular complexity index is 371. The van der Waals surface area contributed by atoms with Crippen molar-refractivity contribution in [2.75, 3.05) is 13.2 Å². The lowest BCUT2D eigenvalue weighted by atomic mass is 10.1. The third-order valence-corrected chi connectivity index (χ3v) is 2.00. The summed E-state index contributed by atoms with van der Waals surface area (Å²) >= 11 is 0. The molecule has 0 bridgehead atoms. The van der Waals surface area contributed by atoms with Gasteiger partial charge in [-0.1, -0.05) is 12.1 Å². The van der Waals surface area contributed by atoms with Gasteiger partial charge in [0.1, 0.15) is 6.61 Å². The highest BCUT2D eigenvalue weighted by molar-refractivity contribution is 5.87. The predicted octanol–water partition coefficient (Wildman–Crippen LogP) is 2.51. The number of halogens is 3. The van der Waals surface area contributed by atoms with E-state index in [0.717, 1.165) is 5.56 Å². The van der Waals surface area contributed by atoms with Gasteiger partial charge in [0, 0.05) is 0 Å². The van der Waals surface area contributed by atoms with Gasteiger partial charge in [-0.2, -0.15) is 13.2 Å². The van der Waals surface area contributed by atoms with Gasteiger partial charge in [0.25, 0.3) is 0 Å². The zero-order valence-corrected chi connectivity index (χ0v) is 8.83. The van der Waals surface area contributed by atoms with Crippen molar-refractivity contribution < 1.29 is 27.8 Å². The molecular weight excluding hydrogens is 237 g/mol. The summed E-state index contributed by atoms with van der Waals surface area (Å²) in [4.78, 5) is 10.5. The van der Waals surface area contributed by atoms with Gasteiger partial charge < -0.3 is 9.84 Å². The van der Waals surface area contributed by atoms with E-state index in [4.69, 9.17) is 5.11 Å². The summed E-state index contributed by atoms with van der Waals surface area (Å²) in [5.74, 6) is -1.04. The van der Waals surface area contributed by atoms with Crippen LogP contribution in [0.2, 0.25) is 0 Å². The standard InChI is InChI=1S/C11H11F3O3/c12-11(13,14)7-17-6-5-8-1-3-9(4-2-8)10(15)16/h1-4H,5-7H2,(H,15,16). The van der Waals surface area contributed by atoms with E-state index in [1.54, 1.807) is 12.1 Å². The molecule has 0 saturated carbocycles. The summed E-state index contributed by atoms with van der Waals surface area (Å²) in [6, 6.07) is 5.92. The second kappa shape index (κ2) is 5.67. The number of carbonyl (C=O) groups is 1. The molecule has 0 fully saturated rings. The smallest absolute Gasteiger partial charge is 0.411 e. The zero-order valence-electron chi connectivity index (χ0n) is 8.83. The molecule has 0 saturated heterocycles. The highest BCUT2D eigenvalue weighted by atomic mass is 19.4. The summed E-state index contributed by atoms with van der Waals surface area (Å²) in [7, 11) is 0. The maximum absolute atomic E-state index is 11.7. The van der Waals surface area contributed by atoms with E-state index >= 15 is 0 Å². The van der Waals surface area contributed by atoms with E-state index in [-0.39, 0.29) is 12.2 Å². The fraction of sp³-hybridized carbons (Fsp3) is 0.364. The molecule has 0 amide bonds. The maximum atomic E-state index is 11.7. The van der Waals surface area contributed by atoms with Crippen LogP contribution in [0.4, 0.5) is 13.2 Å². The number of hydrogen-bond donors (Lipinski definition) is 1. The number of ether oxygens (including phenoxy) is 1. The summed E-state index contributed by atoms with van der Waals surface area (Å²) < 4.78 is 39.6. The molecule has 0 heterocycles. The van der Waals surface area contributed by atoms with Crippen LogP contribution in [0.15, 0.2) is 24.3 Å². The molecule has 94 valence electrons. The Hall–Kier alpha value is -1.56. The maximum Gasteiger partial charge on any atom is 0.411 e. The Morgan fingerprint density at radius 3 is 2.29 bits per heavy atom. The van der Waals surface area contributed by atoms with Gasteiger partial charge in [0.15, 0.2) is 0 Å². The van der Waals surface area contributed by atoms with Crippen molar-refractivity contribution in [3.8, 4) is 0 Å². The van der Waals surface area contributed by atoms with Crippen molar-refractivity contribution in [2.24, 2.45) is 0 Å². The number of alkyl halides is 3. The normalized spacial score (nSPS) is 11.5. The van der Waals surface area contributed by atoms with Gasteiger partial charge in [-0.25, -0.2) is 4.79 Å². The molecule has 0 aliphatic heterocycles. The fourth-order valence-electron chi connectivity index (χ4n) is 1.19. The van der Waals surface area contributed by atoms with Crippen LogP contribution in [0, 0.1) is 0 Å². The van der Waals surface area contributed by atoms with Gasteiger partial charge in [-0.15, -0.1) is 0 Å². The molecule has 0 aliphatic carbocycles. The first-order valence-corrected chi connectivity index (χ1v) is 4.85. The number of rotatable bonds is 5. The number of hydrogen-bond acceptors (Lipinski definition) is 2. The number of carboxylic acids is 1. The van der Waals surface area contributed by atoms with Crippen LogP contribution in [0.5, 0.6) is 0 Å². The molecule has 0 aliphatic rings. The number of aromatic carboxylic acids is 1. The highest BCUT2D eigenvalue weighted by Crippen LogP contribution is 2.14. The molecular formula is C11H11F3O3. The van der Waals surface area contributed by atoms with E-state index in [1.165, 1.54) is 12.1 Å². The fourth-order valence-corrected chi connectivity index (χ4v) is 1.19. The van der Waals surface area contributed by atoms with E-state index in [1.807, 2.05) is 0 Å². The first-order chi connectivity index (χ1) is 7.88. The quantitative estimate of drug-likeness (QED) is 0.814. The summed E-state index contributed by atoms with van der Waals surface area (Å²) in [6.07, 6.45) is -4.00. The van der Waals surface area contributed by atoms with Crippen LogP contribution < -0.4 is 0 Å². The third-order valence-electron chi connectivity index (χ3n) is 2.00. The summed E-state index contributed by atoms with van der Waals surface area (Å²) in [5.41, 5.74) is 0.877. The molecule has 1 N–H and O–H groups in total. The summed E-state index contributed by atoms with van der Waals surface area (Å²) in [6.45, 7) is -1.31. The van der Waals surface area contributed by atoms with Gasteiger partial charge in [-0.3, -0.25) is 0 Å². The van der Waals surface area contributed by atoms with E-state index in [0.29, 0.717) is 6.42 Å². The third kappa shape index (κ3) is 5.35. The SMILES string of the molecule is O=C(O)c1ccc(CCOCC(F)(F)F)cc1. The van der Waals surface area contributed by atoms with E-state index in [9.17, 15) is 18.0 Å². The number of carboxylic acid groups (broad SMARTS) is 1. The van der Waals surface area contributed by atoms with Crippen molar-refractivity contribution in [2.45, 2.75) is 12.6 Å². The molecule has 1 rings (SSSR count). The number of benzene rings is 1. The molecule has 0 radical (unpaired) electrons. The summed E-state index contributed by atoms with van der Waals surface area (Å²) in [5, 5.41) is 8.63. The molecule has 0 spiro atoms. The molecule has 1 aromatic carbocycles. The average Bonchev–Trinajstić information content (AvgIpc) is 2.24. The molecule has 0 atom stereocenters. The van der Waals surface area contributed by atoms with Gasteiger partial charge in [0.2, 0.25) is 0 Å². The average molecular weight is 248 g/mol. The van der Waals surface area contributed by atoms with Crippen LogP contribution in [0.3, 0.4) is 0 Å².